The van der Waals surface area contributed by atoms with Crippen molar-refractivity contribution in [2.75, 3.05) is 6.54 Å². The summed E-state index contributed by atoms with van der Waals surface area (Å²) < 4.78 is 27.2. The van der Waals surface area contributed by atoms with Crippen molar-refractivity contribution in [2.45, 2.75) is 50.4 Å². The van der Waals surface area contributed by atoms with Crippen molar-refractivity contribution in [3.05, 3.63) is 15.8 Å². The lowest BCUT2D eigenvalue weighted by molar-refractivity contribution is 0.202. The molecule has 0 radical (unpaired) electrons. The molecule has 108 valence electrons. The van der Waals surface area contributed by atoms with Crippen LogP contribution in [0.3, 0.4) is 0 Å². The van der Waals surface area contributed by atoms with Gasteiger partial charge in [0, 0.05) is 22.3 Å². The van der Waals surface area contributed by atoms with Crippen LogP contribution in [0.15, 0.2) is 11.0 Å². The van der Waals surface area contributed by atoms with E-state index in [1.807, 2.05) is 13.8 Å². The highest BCUT2D eigenvalue weighted by Gasteiger charge is 2.35. The van der Waals surface area contributed by atoms with Gasteiger partial charge in [0.15, 0.2) is 0 Å². The highest BCUT2D eigenvalue weighted by atomic mass is 35.5. The first-order valence-corrected chi connectivity index (χ1v) is 9.34. The lowest BCUT2D eigenvalue weighted by atomic mass is 9.94. The van der Waals surface area contributed by atoms with Gasteiger partial charge in [0.05, 0.1) is 10.8 Å². The molecule has 0 aliphatic carbocycles. The fourth-order valence-corrected chi connectivity index (χ4v) is 6.07. The summed E-state index contributed by atoms with van der Waals surface area (Å²) in [5.74, 6) is 0.780. The number of thiophene rings is 1. The van der Waals surface area contributed by atoms with Crippen LogP contribution < -0.4 is 0 Å². The molecule has 1 aromatic rings. The molecule has 2 atom stereocenters. The Bertz CT molecular complexity index is 553. The molecule has 1 fully saturated rings. The summed E-state index contributed by atoms with van der Waals surface area (Å²) in [5, 5.41) is 0. The first-order valence-electron chi connectivity index (χ1n) is 6.55. The topological polar surface area (TPSA) is 37.4 Å². The Morgan fingerprint density at radius 1 is 1.47 bits per heavy atom. The highest BCUT2D eigenvalue weighted by molar-refractivity contribution is 7.89. The van der Waals surface area contributed by atoms with Gasteiger partial charge in [-0.05, 0) is 38.7 Å². The number of halogens is 1. The van der Waals surface area contributed by atoms with Crippen molar-refractivity contribution in [1.82, 2.24) is 4.31 Å². The molecule has 2 unspecified atom stereocenters. The van der Waals surface area contributed by atoms with Gasteiger partial charge in [0.1, 0.15) is 0 Å². The number of alkyl halides is 1. The van der Waals surface area contributed by atoms with Crippen molar-refractivity contribution in [3.8, 4) is 0 Å². The number of hydrogen-bond donors (Lipinski definition) is 0. The Balaban J connectivity index is 2.38. The lowest BCUT2D eigenvalue weighted by Gasteiger charge is -2.36. The minimum absolute atomic E-state index is 0.0671. The zero-order valence-corrected chi connectivity index (χ0v) is 13.9. The van der Waals surface area contributed by atoms with Crippen LogP contribution in [0.4, 0.5) is 0 Å². The van der Waals surface area contributed by atoms with E-state index in [1.165, 1.54) is 11.3 Å². The smallest absolute Gasteiger partial charge is 0.207 e. The van der Waals surface area contributed by atoms with Gasteiger partial charge in [-0.3, -0.25) is 0 Å². The molecule has 0 N–H and O–H groups in total. The van der Waals surface area contributed by atoms with E-state index in [-0.39, 0.29) is 6.04 Å². The van der Waals surface area contributed by atoms with Gasteiger partial charge in [-0.1, -0.05) is 6.92 Å². The fourth-order valence-electron chi connectivity index (χ4n) is 2.61. The molecule has 0 spiro atoms. The van der Waals surface area contributed by atoms with E-state index in [9.17, 15) is 8.42 Å². The summed E-state index contributed by atoms with van der Waals surface area (Å²) in [6, 6.07) is 1.80. The minimum Gasteiger partial charge on any atom is -0.207 e. The maximum atomic E-state index is 12.8. The largest absolute Gasteiger partial charge is 0.244 e. The monoisotopic (exact) mass is 321 g/mol. The van der Waals surface area contributed by atoms with Crippen LogP contribution in [-0.4, -0.2) is 25.3 Å². The molecule has 2 heterocycles. The van der Waals surface area contributed by atoms with Crippen molar-refractivity contribution in [1.29, 1.82) is 0 Å². The van der Waals surface area contributed by atoms with Crippen LogP contribution >= 0.6 is 22.9 Å². The van der Waals surface area contributed by atoms with Gasteiger partial charge in [0.2, 0.25) is 10.0 Å². The van der Waals surface area contributed by atoms with Crippen molar-refractivity contribution >= 4 is 33.0 Å². The normalized spacial score (nSPS) is 25.7. The Kier molecular flexibility index (Phi) is 4.60. The molecular weight excluding hydrogens is 302 g/mol. The molecular formula is C13H20ClNO2S2. The highest BCUT2D eigenvalue weighted by Crippen LogP contribution is 2.33. The number of aryl methyl sites for hydroxylation is 1. The Hall–Kier alpha value is -0.100. The summed E-state index contributed by atoms with van der Waals surface area (Å²) in [6.45, 7) is 6.60. The number of nitrogens with zero attached hydrogens (tertiary/aromatic N) is 1. The Morgan fingerprint density at radius 3 is 2.74 bits per heavy atom. The van der Waals surface area contributed by atoms with Gasteiger partial charge in [-0.25, -0.2) is 8.42 Å². The summed E-state index contributed by atoms with van der Waals surface area (Å²) in [6.07, 6.45) is 2.04. The third-order valence-corrected chi connectivity index (χ3v) is 7.70. The number of piperidine rings is 1. The third kappa shape index (κ3) is 2.84. The SMILES string of the molecule is Cc1sc(CCl)cc1S(=O)(=O)N1CCCC(C)C1C. The molecule has 0 bridgehead atoms. The van der Waals surface area contributed by atoms with Gasteiger partial charge in [0.25, 0.3) is 0 Å². The van der Waals surface area contributed by atoms with Crippen molar-refractivity contribution < 1.29 is 8.42 Å². The number of rotatable bonds is 3. The van der Waals surface area contributed by atoms with Gasteiger partial charge in [-0.15, -0.1) is 22.9 Å². The molecule has 6 heteroatoms. The van der Waals surface area contributed by atoms with E-state index in [0.29, 0.717) is 23.2 Å². The Morgan fingerprint density at radius 2 is 2.16 bits per heavy atom. The number of sulfonamides is 1. The van der Waals surface area contributed by atoms with Crippen LogP contribution in [-0.2, 0) is 15.9 Å². The van der Waals surface area contributed by atoms with Crippen LogP contribution in [0.5, 0.6) is 0 Å². The number of hydrogen-bond acceptors (Lipinski definition) is 3. The second-order valence-electron chi connectivity index (χ2n) is 5.24. The molecule has 2 rings (SSSR count). The van der Waals surface area contributed by atoms with E-state index in [1.54, 1.807) is 10.4 Å². The zero-order valence-electron chi connectivity index (χ0n) is 11.5. The maximum absolute atomic E-state index is 12.8. The lowest BCUT2D eigenvalue weighted by Crippen LogP contribution is -2.45. The van der Waals surface area contributed by atoms with E-state index < -0.39 is 10.0 Å². The summed E-state index contributed by atoms with van der Waals surface area (Å²) in [4.78, 5) is 2.19. The van der Waals surface area contributed by atoms with E-state index >= 15 is 0 Å². The van der Waals surface area contributed by atoms with Gasteiger partial charge < -0.3 is 0 Å². The summed E-state index contributed by atoms with van der Waals surface area (Å²) in [7, 11) is -3.38. The minimum atomic E-state index is -3.38. The summed E-state index contributed by atoms with van der Waals surface area (Å²) >= 11 is 7.27. The maximum Gasteiger partial charge on any atom is 0.244 e. The zero-order chi connectivity index (χ0) is 14.2. The summed E-state index contributed by atoms with van der Waals surface area (Å²) in [5.41, 5.74) is 0. The van der Waals surface area contributed by atoms with Crippen LogP contribution in [0, 0.1) is 12.8 Å². The third-order valence-electron chi connectivity index (χ3n) is 3.96. The fraction of sp³-hybridized carbons (Fsp3) is 0.692. The molecule has 1 aliphatic rings. The molecule has 19 heavy (non-hydrogen) atoms. The van der Waals surface area contributed by atoms with Gasteiger partial charge in [-0.2, -0.15) is 4.31 Å². The average molecular weight is 322 g/mol. The van der Waals surface area contributed by atoms with E-state index in [2.05, 4.69) is 6.92 Å². The quantitative estimate of drug-likeness (QED) is 0.798. The van der Waals surface area contributed by atoms with Crippen LogP contribution in [0.2, 0.25) is 0 Å². The van der Waals surface area contributed by atoms with Crippen molar-refractivity contribution in [2.24, 2.45) is 5.92 Å². The van der Waals surface area contributed by atoms with E-state index in [4.69, 9.17) is 11.6 Å². The Labute approximate surface area is 124 Å². The predicted molar refractivity (Wildman–Crippen MR) is 80.4 cm³/mol. The van der Waals surface area contributed by atoms with Gasteiger partial charge >= 0.3 is 0 Å². The molecule has 0 saturated carbocycles. The first-order chi connectivity index (χ1) is 8.87. The second-order valence-corrected chi connectivity index (χ2v) is 8.71. The van der Waals surface area contributed by atoms with Crippen LogP contribution in [0.1, 0.15) is 36.4 Å². The first kappa shape index (κ1) is 15.3. The second kappa shape index (κ2) is 5.72. The molecule has 0 aromatic carbocycles. The predicted octanol–water partition coefficient (Wildman–Crippen LogP) is 3.60. The molecule has 1 aromatic heterocycles. The molecule has 1 saturated heterocycles. The molecule has 3 nitrogen and oxygen atoms in total. The van der Waals surface area contributed by atoms with Crippen LogP contribution in [0.25, 0.3) is 0 Å². The van der Waals surface area contributed by atoms with Crippen molar-refractivity contribution in [3.63, 3.8) is 0 Å². The average Bonchev–Trinajstić information content (AvgIpc) is 2.74. The van der Waals surface area contributed by atoms with E-state index in [0.717, 1.165) is 22.6 Å². The standard InChI is InChI=1S/C13H20ClNO2S2/c1-9-5-4-6-15(10(9)2)19(16,17)13-7-12(8-14)18-11(13)3/h7,9-10H,4-6,8H2,1-3H3. The molecule has 0 amide bonds. The molecule has 1 aliphatic heterocycles.